The molecule has 252 valence electrons. The van der Waals surface area contributed by atoms with Gasteiger partial charge in [0.15, 0.2) is 0 Å². The summed E-state index contributed by atoms with van der Waals surface area (Å²) in [5.41, 5.74) is 12.7. The van der Waals surface area contributed by atoms with Crippen LogP contribution in [0.25, 0.3) is 103 Å². The van der Waals surface area contributed by atoms with Crippen molar-refractivity contribution in [2.75, 3.05) is 0 Å². The Bertz CT molecular complexity index is 3160. The van der Waals surface area contributed by atoms with Crippen LogP contribution in [0.3, 0.4) is 0 Å². The van der Waals surface area contributed by atoms with Gasteiger partial charge >= 0.3 is 0 Å². The van der Waals surface area contributed by atoms with Crippen LogP contribution < -0.4 is 0 Å². The van der Waals surface area contributed by atoms with Crippen LogP contribution in [-0.2, 0) is 5.41 Å². The molecule has 0 radical (unpaired) electrons. The lowest BCUT2D eigenvalue weighted by Crippen LogP contribution is -2.14. The lowest BCUT2D eigenvalue weighted by molar-refractivity contribution is 0.578. The number of hydrogen-bond acceptors (Lipinski definition) is 2. The third kappa shape index (κ3) is 4.24. The minimum atomic E-state index is -0.0588. The molecule has 1 aliphatic rings. The number of allylic oxidation sites excluding steroid dienone is 1. The van der Waals surface area contributed by atoms with Gasteiger partial charge in [-0.05, 0) is 121 Å². The average molecular weight is 697 g/mol. The maximum absolute atomic E-state index is 6.30. The van der Waals surface area contributed by atoms with Crippen molar-refractivity contribution in [2.45, 2.75) is 33.1 Å². The Labute approximate surface area is 312 Å². The van der Waals surface area contributed by atoms with Crippen LogP contribution in [0.1, 0.15) is 43.2 Å². The van der Waals surface area contributed by atoms with Crippen LogP contribution in [0.5, 0.6) is 0 Å². The minimum absolute atomic E-state index is 0.0588. The zero-order chi connectivity index (χ0) is 35.6. The molecule has 1 aliphatic carbocycles. The maximum atomic E-state index is 6.30. The molecule has 0 unspecified atom stereocenters. The fourth-order valence-electron chi connectivity index (χ4n) is 9.47. The predicted molar refractivity (Wildman–Crippen MR) is 230 cm³/mol. The normalized spacial score (nSPS) is 13.7. The van der Waals surface area contributed by atoms with Crippen molar-refractivity contribution in [3.63, 3.8) is 0 Å². The van der Waals surface area contributed by atoms with Crippen molar-refractivity contribution < 1.29 is 4.42 Å². The second-order valence-corrected chi connectivity index (χ2v) is 16.2. The van der Waals surface area contributed by atoms with Crippen molar-refractivity contribution in [3.05, 3.63) is 162 Å². The van der Waals surface area contributed by atoms with E-state index in [1.54, 1.807) is 0 Å². The molecule has 11 rings (SSSR count). The first kappa shape index (κ1) is 30.6. The average Bonchev–Trinajstić information content (AvgIpc) is 3.78. The van der Waals surface area contributed by atoms with E-state index in [4.69, 9.17) is 4.42 Å². The summed E-state index contributed by atoms with van der Waals surface area (Å²) in [6.07, 6.45) is 4.24. The van der Waals surface area contributed by atoms with Crippen LogP contribution >= 0.6 is 11.3 Å². The van der Waals surface area contributed by atoms with E-state index in [0.717, 1.165) is 11.3 Å². The maximum Gasteiger partial charge on any atom is 0.135 e. The SMILES string of the molecule is C/C=C\c1c(C)oc2cc3c(ccc4sc5cc(-c6c7ccccc7c(-c7ccc8c(c7)C(C)(C)c7ccccc7-8)c7ccccc67)ccc5c43)cc12. The van der Waals surface area contributed by atoms with Crippen LogP contribution in [0.15, 0.2) is 144 Å². The smallest absolute Gasteiger partial charge is 0.135 e. The van der Waals surface area contributed by atoms with Crippen LogP contribution in [0.2, 0.25) is 0 Å². The summed E-state index contributed by atoms with van der Waals surface area (Å²) in [4.78, 5) is 0. The summed E-state index contributed by atoms with van der Waals surface area (Å²) in [5, 5.41) is 11.4. The zero-order valence-corrected chi connectivity index (χ0v) is 31.0. The summed E-state index contributed by atoms with van der Waals surface area (Å²) in [6, 6.07) is 50.3. The van der Waals surface area contributed by atoms with E-state index < -0.39 is 0 Å². The molecular weight excluding hydrogens is 661 g/mol. The number of aryl methyl sites for hydroxylation is 1. The molecule has 0 spiro atoms. The molecule has 0 bridgehead atoms. The molecule has 0 atom stereocenters. The third-order valence-corrected chi connectivity index (χ3v) is 13.0. The summed E-state index contributed by atoms with van der Waals surface area (Å²) in [7, 11) is 0. The van der Waals surface area contributed by atoms with Gasteiger partial charge in [-0.25, -0.2) is 0 Å². The molecule has 0 amide bonds. The Kier molecular flexibility index (Phi) is 6.38. The number of rotatable bonds is 3. The van der Waals surface area contributed by atoms with Gasteiger partial charge in [0.05, 0.1) is 0 Å². The fourth-order valence-corrected chi connectivity index (χ4v) is 10.6. The molecule has 0 N–H and O–H groups in total. The van der Waals surface area contributed by atoms with Gasteiger partial charge < -0.3 is 4.42 Å². The fraction of sp³-hybridized carbons (Fsp3) is 0.0980. The van der Waals surface area contributed by atoms with E-state index in [0.29, 0.717) is 0 Å². The summed E-state index contributed by atoms with van der Waals surface area (Å²) in [6.45, 7) is 8.85. The van der Waals surface area contributed by atoms with Crippen molar-refractivity contribution >= 4 is 80.9 Å². The largest absolute Gasteiger partial charge is 0.461 e. The number of fused-ring (bicyclic) bond motifs is 11. The van der Waals surface area contributed by atoms with Gasteiger partial charge in [0, 0.05) is 36.5 Å². The first-order chi connectivity index (χ1) is 25.9. The van der Waals surface area contributed by atoms with E-state index >= 15 is 0 Å². The Balaban J connectivity index is 1.13. The molecule has 1 nitrogen and oxygen atoms in total. The highest BCUT2D eigenvalue weighted by Gasteiger charge is 2.35. The summed E-state index contributed by atoms with van der Waals surface area (Å²) >= 11 is 1.88. The number of hydrogen-bond donors (Lipinski definition) is 0. The van der Waals surface area contributed by atoms with Gasteiger partial charge in [-0.2, -0.15) is 0 Å². The van der Waals surface area contributed by atoms with Crippen LogP contribution in [-0.4, -0.2) is 0 Å². The van der Waals surface area contributed by atoms with Crippen molar-refractivity contribution in [3.8, 4) is 33.4 Å². The molecule has 2 heteroatoms. The highest BCUT2D eigenvalue weighted by atomic mass is 32.1. The number of furan rings is 1. The summed E-state index contributed by atoms with van der Waals surface area (Å²) in [5.74, 6) is 0.959. The quantitative estimate of drug-likeness (QED) is 0.168. The van der Waals surface area contributed by atoms with Gasteiger partial charge in [-0.1, -0.05) is 129 Å². The predicted octanol–water partition coefficient (Wildman–Crippen LogP) is 15.2. The lowest BCUT2D eigenvalue weighted by atomic mass is 9.80. The Hall–Kier alpha value is -5.96. The molecule has 0 fully saturated rings. The molecule has 53 heavy (non-hydrogen) atoms. The molecule has 8 aromatic carbocycles. The first-order valence-electron chi connectivity index (χ1n) is 18.5. The second-order valence-electron chi connectivity index (χ2n) is 15.2. The first-order valence-corrected chi connectivity index (χ1v) is 19.4. The highest BCUT2D eigenvalue weighted by Crippen LogP contribution is 2.52. The number of thiophene rings is 1. The van der Waals surface area contributed by atoms with E-state index in [1.807, 2.05) is 11.3 Å². The Morgan fingerprint density at radius 1 is 0.547 bits per heavy atom. The Morgan fingerprint density at radius 3 is 1.91 bits per heavy atom. The van der Waals surface area contributed by atoms with Crippen molar-refractivity contribution in [1.29, 1.82) is 0 Å². The van der Waals surface area contributed by atoms with Gasteiger partial charge in [-0.15, -0.1) is 11.3 Å². The van der Waals surface area contributed by atoms with E-state index in [9.17, 15) is 0 Å². The lowest BCUT2D eigenvalue weighted by Gasteiger charge is -2.23. The topological polar surface area (TPSA) is 13.1 Å². The van der Waals surface area contributed by atoms with E-state index in [1.165, 1.54) is 108 Å². The van der Waals surface area contributed by atoms with Gasteiger partial charge in [0.25, 0.3) is 0 Å². The van der Waals surface area contributed by atoms with E-state index in [2.05, 4.69) is 173 Å². The van der Waals surface area contributed by atoms with Crippen LogP contribution in [0.4, 0.5) is 0 Å². The molecule has 0 saturated carbocycles. The minimum Gasteiger partial charge on any atom is -0.461 e. The van der Waals surface area contributed by atoms with Gasteiger partial charge in [-0.3, -0.25) is 0 Å². The van der Waals surface area contributed by atoms with Crippen molar-refractivity contribution in [1.82, 2.24) is 0 Å². The van der Waals surface area contributed by atoms with Crippen molar-refractivity contribution in [2.24, 2.45) is 0 Å². The van der Waals surface area contributed by atoms with E-state index in [-0.39, 0.29) is 5.41 Å². The molecule has 2 heterocycles. The zero-order valence-electron chi connectivity index (χ0n) is 30.2. The highest BCUT2D eigenvalue weighted by molar-refractivity contribution is 7.26. The molecular formula is C51H36OS. The molecule has 0 saturated heterocycles. The molecule has 0 aliphatic heterocycles. The molecule has 2 aromatic heterocycles. The van der Waals surface area contributed by atoms with Crippen LogP contribution in [0, 0.1) is 6.92 Å². The monoisotopic (exact) mass is 696 g/mol. The second kappa shape index (κ2) is 11.0. The molecule has 10 aromatic rings. The van der Waals surface area contributed by atoms with Gasteiger partial charge in [0.1, 0.15) is 11.3 Å². The third-order valence-electron chi connectivity index (χ3n) is 11.9. The summed E-state index contributed by atoms with van der Waals surface area (Å²) < 4.78 is 8.89. The Morgan fingerprint density at radius 2 is 1.19 bits per heavy atom. The number of benzene rings is 8. The van der Waals surface area contributed by atoms with Gasteiger partial charge in [0.2, 0.25) is 0 Å². The standard InChI is InChI=1S/C51H36OS/c1-5-12-33-29(2)52-45-28-41-30(25-42(33)45)21-24-46-50(41)40-23-20-32(27-47(40)53-46)49-38-16-8-6-14-36(38)48(37-15-7-9-17-39(37)49)31-19-22-35-34-13-10-11-18-43(34)51(3,4)44(35)26-31/h5-28H,1-4H3/b12-5-.